The summed E-state index contributed by atoms with van der Waals surface area (Å²) in [4.78, 5) is 16.0. The maximum absolute atomic E-state index is 14.2. The van der Waals surface area contributed by atoms with Crippen LogP contribution >= 0.6 is 11.3 Å². The highest BCUT2D eigenvalue weighted by molar-refractivity contribution is 7.10. The van der Waals surface area contributed by atoms with E-state index >= 15 is 0 Å². The zero-order valence-corrected chi connectivity index (χ0v) is 15.0. The maximum atomic E-state index is 14.2. The highest BCUT2D eigenvalue weighted by Gasteiger charge is 2.47. The van der Waals surface area contributed by atoms with E-state index in [2.05, 4.69) is 0 Å². The molecule has 5 heteroatoms. The summed E-state index contributed by atoms with van der Waals surface area (Å²) < 4.78 is 14.2. The molecule has 1 aliphatic carbocycles. The maximum Gasteiger partial charge on any atom is 0.226 e. The van der Waals surface area contributed by atoms with Crippen LogP contribution in [0.2, 0.25) is 0 Å². The van der Waals surface area contributed by atoms with Crippen LogP contribution in [0.3, 0.4) is 0 Å². The fourth-order valence-electron chi connectivity index (χ4n) is 3.84. The number of hydrogen-bond donors (Lipinski definition) is 1. The van der Waals surface area contributed by atoms with Crippen LogP contribution in [0.25, 0.3) is 11.1 Å². The lowest BCUT2D eigenvalue weighted by atomic mass is 10.0. The van der Waals surface area contributed by atoms with Gasteiger partial charge in [-0.1, -0.05) is 18.2 Å². The van der Waals surface area contributed by atoms with Crippen LogP contribution in [-0.2, 0) is 4.79 Å². The fraction of sp³-hybridized carbons (Fsp3) is 0.450. The van der Waals surface area contributed by atoms with Gasteiger partial charge in [0.15, 0.2) is 0 Å². The number of nitrogens with two attached hydrogens (primary N) is 1. The van der Waals surface area contributed by atoms with Gasteiger partial charge in [-0.3, -0.25) is 4.79 Å². The summed E-state index contributed by atoms with van der Waals surface area (Å²) in [5.41, 5.74) is 7.60. The Balaban J connectivity index is 1.50. The Bertz CT molecular complexity index is 775. The molecule has 3 unspecified atom stereocenters. The zero-order valence-electron chi connectivity index (χ0n) is 14.2. The van der Waals surface area contributed by atoms with Crippen molar-refractivity contribution >= 4 is 17.2 Å². The minimum atomic E-state index is -0.202. The molecule has 132 valence electrons. The molecule has 2 aromatic rings. The van der Waals surface area contributed by atoms with Crippen molar-refractivity contribution < 1.29 is 9.18 Å². The molecule has 1 amide bonds. The molecule has 25 heavy (non-hydrogen) atoms. The van der Waals surface area contributed by atoms with Crippen LogP contribution in [0.1, 0.15) is 36.5 Å². The van der Waals surface area contributed by atoms with Crippen LogP contribution in [0.5, 0.6) is 0 Å². The average molecular weight is 358 g/mol. The minimum absolute atomic E-state index is 0.0542. The highest BCUT2D eigenvalue weighted by atomic mass is 32.1. The molecule has 4 rings (SSSR count). The molecule has 2 heterocycles. The first-order chi connectivity index (χ1) is 12.1. The van der Waals surface area contributed by atoms with E-state index in [0.717, 1.165) is 49.2 Å². The van der Waals surface area contributed by atoms with Crippen molar-refractivity contribution in [1.29, 1.82) is 0 Å². The minimum Gasteiger partial charge on any atom is -0.342 e. The van der Waals surface area contributed by atoms with Crippen molar-refractivity contribution in [2.75, 3.05) is 13.1 Å². The molecular weight excluding hydrogens is 335 g/mol. The first kappa shape index (κ1) is 16.7. The van der Waals surface area contributed by atoms with Gasteiger partial charge in [0.25, 0.3) is 0 Å². The van der Waals surface area contributed by atoms with E-state index in [9.17, 15) is 9.18 Å². The second-order valence-corrected chi connectivity index (χ2v) is 8.09. The van der Waals surface area contributed by atoms with Crippen molar-refractivity contribution in [3.05, 3.63) is 46.4 Å². The predicted octanol–water partition coefficient (Wildman–Crippen LogP) is 4.00. The smallest absolute Gasteiger partial charge is 0.226 e. The quantitative estimate of drug-likeness (QED) is 0.901. The van der Waals surface area contributed by atoms with Crippen LogP contribution in [0.4, 0.5) is 4.39 Å². The molecular formula is C20H23FN2OS. The molecule has 1 aromatic carbocycles. The van der Waals surface area contributed by atoms with Gasteiger partial charge in [0.05, 0.1) is 0 Å². The van der Waals surface area contributed by atoms with Gasteiger partial charge < -0.3 is 10.6 Å². The molecule has 1 saturated heterocycles. The highest BCUT2D eigenvalue weighted by Crippen LogP contribution is 2.53. The lowest BCUT2D eigenvalue weighted by Crippen LogP contribution is -2.34. The summed E-state index contributed by atoms with van der Waals surface area (Å²) in [5, 5.41) is 2.00. The number of hydrogen-bond acceptors (Lipinski definition) is 3. The Labute approximate surface area is 151 Å². The molecule has 0 spiro atoms. The lowest BCUT2D eigenvalue weighted by molar-refractivity contribution is -0.132. The van der Waals surface area contributed by atoms with E-state index in [0.29, 0.717) is 5.56 Å². The Morgan fingerprint density at radius 1 is 1.16 bits per heavy atom. The van der Waals surface area contributed by atoms with E-state index in [4.69, 9.17) is 5.73 Å². The van der Waals surface area contributed by atoms with Crippen LogP contribution in [0.15, 0.2) is 35.7 Å². The van der Waals surface area contributed by atoms with Crippen LogP contribution < -0.4 is 5.73 Å². The number of likely N-dealkylation sites (tertiary alicyclic amines) is 1. The zero-order chi connectivity index (χ0) is 17.4. The molecule has 1 aromatic heterocycles. The van der Waals surface area contributed by atoms with Gasteiger partial charge in [-0.25, -0.2) is 4.39 Å². The number of amides is 1. The van der Waals surface area contributed by atoms with Crippen LogP contribution in [-0.4, -0.2) is 29.9 Å². The van der Waals surface area contributed by atoms with Crippen molar-refractivity contribution in [3.8, 4) is 11.1 Å². The van der Waals surface area contributed by atoms with Crippen molar-refractivity contribution in [2.45, 2.75) is 37.6 Å². The Hall–Kier alpha value is -1.72. The largest absolute Gasteiger partial charge is 0.342 e. The van der Waals surface area contributed by atoms with E-state index in [1.165, 1.54) is 6.07 Å². The first-order valence-electron chi connectivity index (χ1n) is 9.02. The standard InChI is InChI=1S/C20H23FN2OS/c21-18-6-2-1-5-14(18)15-8-11-25-19(15)16-12-17(16)20(24)23-9-3-4-13(22)7-10-23/h1-2,5-6,8,11,13,16-17H,3-4,7,9-10,12,22H2. The Kier molecular flexibility index (Phi) is 4.61. The normalized spacial score (nSPS) is 26.3. The predicted molar refractivity (Wildman–Crippen MR) is 99.0 cm³/mol. The molecule has 2 N–H and O–H groups in total. The number of carbonyl (C=O) groups excluding carboxylic acids is 1. The summed E-state index contributed by atoms with van der Waals surface area (Å²) in [6, 6.07) is 9.07. The summed E-state index contributed by atoms with van der Waals surface area (Å²) in [6.07, 6.45) is 3.76. The second kappa shape index (κ2) is 6.89. The van der Waals surface area contributed by atoms with Gasteiger partial charge in [-0.2, -0.15) is 0 Å². The van der Waals surface area contributed by atoms with Gasteiger partial charge in [0, 0.05) is 41.4 Å². The Morgan fingerprint density at radius 3 is 2.84 bits per heavy atom. The Morgan fingerprint density at radius 2 is 2.00 bits per heavy atom. The average Bonchev–Trinajstić information content (AvgIpc) is 3.31. The third kappa shape index (κ3) is 3.35. The summed E-state index contributed by atoms with van der Waals surface area (Å²) in [6.45, 7) is 1.59. The molecule has 1 saturated carbocycles. The van der Waals surface area contributed by atoms with Gasteiger partial charge in [-0.15, -0.1) is 11.3 Å². The summed E-state index contributed by atoms with van der Waals surface area (Å²) in [7, 11) is 0. The molecule has 2 fully saturated rings. The fourth-order valence-corrected chi connectivity index (χ4v) is 4.94. The van der Waals surface area contributed by atoms with Crippen molar-refractivity contribution in [2.24, 2.45) is 11.7 Å². The van der Waals surface area contributed by atoms with E-state index < -0.39 is 0 Å². The van der Waals surface area contributed by atoms with Gasteiger partial charge in [0.1, 0.15) is 5.82 Å². The number of halogens is 1. The molecule has 0 radical (unpaired) electrons. The van der Waals surface area contributed by atoms with E-state index in [1.807, 2.05) is 28.5 Å². The SMILES string of the molecule is NC1CCCN(C(=O)C2CC2c2sccc2-c2ccccc2F)CC1. The number of nitrogens with zero attached hydrogens (tertiary/aromatic N) is 1. The van der Waals surface area contributed by atoms with Gasteiger partial charge in [-0.05, 0) is 48.8 Å². The third-order valence-electron chi connectivity index (χ3n) is 5.39. The van der Waals surface area contributed by atoms with Gasteiger partial charge in [0.2, 0.25) is 5.91 Å². The number of benzene rings is 1. The van der Waals surface area contributed by atoms with Crippen LogP contribution in [0, 0.1) is 11.7 Å². The monoisotopic (exact) mass is 358 g/mol. The summed E-state index contributed by atoms with van der Waals surface area (Å²) in [5.74, 6) is 0.344. The topological polar surface area (TPSA) is 46.3 Å². The molecule has 3 nitrogen and oxygen atoms in total. The number of rotatable bonds is 3. The first-order valence-corrected chi connectivity index (χ1v) is 9.90. The summed E-state index contributed by atoms with van der Waals surface area (Å²) >= 11 is 1.64. The molecule has 2 aliphatic rings. The van der Waals surface area contributed by atoms with E-state index in [-0.39, 0.29) is 29.6 Å². The molecule has 0 bridgehead atoms. The number of thiophene rings is 1. The lowest BCUT2D eigenvalue weighted by Gasteiger charge is -2.20. The third-order valence-corrected chi connectivity index (χ3v) is 6.44. The van der Waals surface area contributed by atoms with Crippen molar-refractivity contribution in [1.82, 2.24) is 4.90 Å². The number of carbonyl (C=O) groups is 1. The van der Waals surface area contributed by atoms with Crippen molar-refractivity contribution in [3.63, 3.8) is 0 Å². The molecule has 1 aliphatic heterocycles. The second-order valence-electron chi connectivity index (χ2n) is 7.14. The molecule has 3 atom stereocenters. The van der Waals surface area contributed by atoms with Gasteiger partial charge >= 0.3 is 0 Å². The van der Waals surface area contributed by atoms with E-state index in [1.54, 1.807) is 17.4 Å².